The van der Waals surface area contributed by atoms with Crippen molar-refractivity contribution in [1.82, 2.24) is 89.4 Å². The van der Waals surface area contributed by atoms with E-state index < -0.39 is 11.6 Å². The van der Waals surface area contributed by atoms with Crippen LogP contribution in [0.15, 0.2) is 208 Å². The average Bonchev–Trinajstić information content (AvgIpc) is 1.13. The molecule has 6 aliphatic heterocycles. The van der Waals surface area contributed by atoms with Crippen LogP contribution in [0.4, 0.5) is 20.4 Å². The van der Waals surface area contributed by atoms with Crippen molar-refractivity contribution in [3.05, 3.63) is 276 Å². The lowest BCUT2D eigenvalue weighted by molar-refractivity contribution is -0.117. The molecule has 4 saturated carbocycles. The molecule has 12 aromatic rings. The number of halogens is 2. The van der Waals surface area contributed by atoms with Gasteiger partial charge in [-0.2, -0.15) is 0 Å². The van der Waals surface area contributed by atoms with Gasteiger partial charge in [0.15, 0.2) is 23.3 Å². The summed E-state index contributed by atoms with van der Waals surface area (Å²) in [7, 11) is 0. The quantitative estimate of drug-likeness (QED) is 0.0770. The van der Waals surface area contributed by atoms with Crippen LogP contribution < -0.4 is 19.3 Å². The van der Waals surface area contributed by atoms with Gasteiger partial charge in [0.25, 0.3) is 23.6 Å². The highest BCUT2D eigenvalue weighted by atomic mass is 19.1. The zero-order valence-electron chi connectivity index (χ0n) is 72.9. The van der Waals surface area contributed by atoms with E-state index in [0.29, 0.717) is 82.5 Å². The fourth-order valence-corrected chi connectivity index (χ4v) is 20.0. The van der Waals surface area contributed by atoms with E-state index in [0.717, 1.165) is 135 Å². The minimum Gasteiger partial charge on any atom is -0.472 e. The lowest BCUT2D eigenvalue weighted by Crippen LogP contribution is -2.59. The molecule has 6 saturated heterocycles. The minimum atomic E-state index is -0.540. The molecule has 16 heterocycles. The lowest BCUT2D eigenvalue weighted by atomic mass is 9.77. The Morgan fingerprint density at radius 2 is 0.820 bits per heavy atom. The Labute approximate surface area is 742 Å². The molecule has 0 spiro atoms. The van der Waals surface area contributed by atoms with Crippen molar-refractivity contribution in [2.45, 2.75) is 174 Å². The number of carbonyl (C=O) groups excluding carboxylic acids is 5. The number of piperidine rings is 6. The van der Waals surface area contributed by atoms with Crippen molar-refractivity contribution < 1.29 is 42.2 Å². The van der Waals surface area contributed by atoms with Gasteiger partial charge in [-0.3, -0.25) is 38.8 Å². The Morgan fingerprint density at radius 1 is 0.391 bits per heavy atom. The minimum absolute atomic E-state index is 0.0183. The normalized spacial score (nSPS) is 21.9. The number of pyridine rings is 6. The van der Waals surface area contributed by atoms with Crippen LogP contribution in [0.2, 0.25) is 0 Å². The van der Waals surface area contributed by atoms with Gasteiger partial charge in [-0.25, -0.2) is 68.6 Å². The summed E-state index contributed by atoms with van der Waals surface area (Å²) >= 11 is 0. The first-order valence-corrected chi connectivity index (χ1v) is 44.1. The van der Waals surface area contributed by atoms with Crippen LogP contribution in [0.25, 0.3) is 45.6 Å². The van der Waals surface area contributed by atoms with E-state index in [1.54, 1.807) is 108 Å². The number of aryl methyl sites for hydroxylation is 6. The van der Waals surface area contributed by atoms with E-state index in [1.807, 2.05) is 123 Å². The highest BCUT2D eigenvalue weighted by Gasteiger charge is 2.53. The second-order valence-corrected chi connectivity index (χ2v) is 34.7. The number of ether oxygens (including phenoxy) is 2. The largest absolute Gasteiger partial charge is 0.472 e. The Morgan fingerprint density at radius 3 is 1.27 bits per heavy atom. The van der Waals surface area contributed by atoms with E-state index in [4.69, 9.17) is 9.47 Å². The molecule has 128 heavy (non-hydrogen) atoms. The zero-order chi connectivity index (χ0) is 88.8. The summed E-state index contributed by atoms with van der Waals surface area (Å²) in [4.78, 5) is 140. The number of likely N-dealkylation sites (tertiary alicyclic amines) is 2. The fourth-order valence-electron chi connectivity index (χ4n) is 20.0. The Bertz CT molecular complexity index is 5930. The second kappa shape index (κ2) is 38.2. The molecule has 654 valence electrons. The SMILES string of the molecule is CC(=O)N(c1ccc(C)cn1)C1CC2CC1N(C(=O)c1cccc(F)c1-c1ncccn1)C2.CCCN(c1ccc(C)cn1)C1CC2CC1N(C(=O)c1cccc(F)c1-c1ncccn1)C2.Cc1ccc(OC2CC3CCC2N(C(=O)c2c(-c4ncccn4)ccnc2C)C3)nc1.Cc1ccc(OC2CC3CCC2N(C(=O)c2cnc(C)cc2-c2ncccn2)C3)nc1. The van der Waals surface area contributed by atoms with Gasteiger partial charge in [0.2, 0.25) is 17.7 Å². The fraction of sp³-hybridized carbons (Fsp3) is 0.364. The third kappa shape index (κ3) is 18.5. The predicted octanol–water partition coefficient (Wildman–Crippen LogP) is 15.4. The first kappa shape index (κ1) is 86.4. The van der Waals surface area contributed by atoms with Crippen LogP contribution in [0.5, 0.6) is 11.8 Å². The van der Waals surface area contributed by atoms with E-state index in [1.165, 1.54) is 37.5 Å². The van der Waals surface area contributed by atoms with E-state index in [2.05, 4.69) is 93.7 Å². The molecule has 0 radical (unpaired) electrons. The summed E-state index contributed by atoms with van der Waals surface area (Å²) in [5.74, 6) is 4.23. The number of rotatable bonds is 18. The van der Waals surface area contributed by atoms with Crippen molar-refractivity contribution in [3.8, 4) is 57.3 Å². The third-order valence-corrected chi connectivity index (χ3v) is 25.9. The first-order chi connectivity index (χ1) is 62.2. The molecule has 12 unspecified atom stereocenters. The number of carbonyl (C=O) groups is 5. The maximum atomic E-state index is 14.9. The van der Waals surface area contributed by atoms with E-state index in [9.17, 15) is 32.8 Å². The summed E-state index contributed by atoms with van der Waals surface area (Å²) in [6, 6.07) is 35.3. The molecule has 5 amide bonds. The van der Waals surface area contributed by atoms with Gasteiger partial charge in [-0.15, -0.1) is 0 Å². The lowest BCUT2D eigenvalue weighted by Gasteiger charge is -2.49. The van der Waals surface area contributed by atoms with Gasteiger partial charge in [0.1, 0.15) is 35.5 Å². The highest BCUT2D eigenvalue weighted by Crippen LogP contribution is 2.47. The number of benzene rings is 2. The third-order valence-electron chi connectivity index (χ3n) is 25.9. The molecule has 8 bridgehead atoms. The van der Waals surface area contributed by atoms with Crippen LogP contribution in [-0.4, -0.2) is 200 Å². The summed E-state index contributed by atoms with van der Waals surface area (Å²) in [5.41, 5.74) is 9.22. The Hall–Kier alpha value is -13.7. The van der Waals surface area contributed by atoms with Crippen LogP contribution >= 0.6 is 0 Å². The zero-order valence-corrected chi connectivity index (χ0v) is 72.9. The second-order valence-electron chi connectivity index (χ2n) is 34.7. The van der Waals surface area contributed by atoms with Gasteiger partial charge in [0, 0.05) is 155 Å². The van der Waals surface area contributed by atoms with Crippen molar-refractivity contribution in [3.63, 3.8) is 0 Å². The number of hydrogen-bond acceptors (Lipinski definition) is 22. The molecule has 12 atom stereocenters. The van der Waals surface area contributed by atoms with Gasteiger partial charge < -0.3 is 34.0 Å². The van der Waals surface area contributed by atoms with Crippen molar-refractivity contribution in [2.24, 2.45) is 23.7 Å². The molecule has 10 aliphatic rings. The molecule has 0 N–H and O–H groups in total. The number of hydrogen-bond donors (Lipinski definition) is 0. The summed E-state index contributed by atoms with van der Waals surface area (Å²) < 4.78 is 42.2. The Kier molecular flexibility index (Phi) is 25.8. The van der Waals surface area contributed by atoms with Crippen LogP contribution in [0.3, 0.4) is 0 Å². The topological polar surface area (TPSA) is 304 Å². The standard InChI is InChI=1S/C26H28FN5O.C25H24FN5O2.2C24H25N5O2/c1-3-12-31(23-9-8-17(2)15-30-23)21-13-18-14-22(21)32(16-18)26(33)19-6-4-7-20(27)24(19)25-28-10-5-11-29-25;1-15-7-8-22(29-13-15)31(16(2)32)21-12-17-11-20(21)30(14-17)25(33)18-5-3-6-19(26)23(18)24-27-9-4-10-28-24;1-15-4-7-21(28-13-15)31-20-12-17-5-6-19(20)29(14-17)24(30)22-16(2)25-11-8-18(22)23-26-9-3-10-27-23;1-15-4-7-22(28-12-15)31-21-11-17-5-6-20(21)29(14-17)24(30)19-13-27-16(2)10-18(19)23-25-8-3-9-26-23/h4-11,15,18,21-22H,3,12-14,16H2,1-2H3;3-10,13,17,20-21H,11-12,14H2,1-2H3;3-4,7-11,13,17,19-20H,5-6,12,14H2,1-2H3;3-4,7-10,12-13,17,20-21H,5-6,11,14H2,1-2H3. The molecule has 10 fully saturated rings. The van der Waals surface area contributed by atoms with Crippen LogP contribution in [0, 0.1) is 76.8 Å². The van der Waals surface area contributed by atoms with Crippen LogP contribution in [0.1, 0.15) is 160 Å². The van der Waals surface area contributed by atoms with Crippen LogP contribution in [-0.2, 0) is 4.79 Å². The molecule has 4 aliphatic carbocycles. The predicted molar refractivity (Wildman–Crippen MR) is 477 cm³/mol. The number of fused-ring (bicyclic) bond motifs is 10. The number of nitrogens with zero attached hydrogens (tertiary/aromatic N) is 20. The number of aromatic nitrogens is 14. The van der Waals surface area contributed by atoms with Gasteiger partial charge >= 0.3 is 0 Å². The van der Waals surface area contributed by atoms with Gasteiger partial charge in [-0.1, -0.05) is 43.3 Å². The van der Waals surface area contributed by atoms with Gasteiger partial charge in [0.05, 0.1) is 75.3 Å². The molecule has 22 rings (SSSR count). The molecule has 2 aromatic carbocycles. The molecule has 29 heteroatoms. The molecular formula is C99H102F2N20O7. The highest BCUT2D eigenvalue weighted by molar-refractivity contribution is 6.03. The van der Waals surface area contributed by atoms with Crippen molar-refractivity contribution in [1.29, 1.82) is 0 Å². The van der Waals surface area contributed by atoms with Gasteiger partial charge in [-0.05, 0) is 231 Å². The number of amides is 5. The van der Waals surface area contributed by atoms with Crippen molar-refractivity contribution in [2.75, 3.05) is 42.5 Å². The first-order valence-electron chi connectivity index (χ1n) is 44.1. The van der Waals surface area contributed by atoms with E-state index >= 15 is 0 Å². The summed E-state index contributed by atoms with van der Waals surface area (Å²) in [6.45, 7) is 19.1. The number of anilines is 2. The molecular weight excluding hydrogens is 1620 g/mol. The summed E-state index contributed by atoms with van der Waals surface area (Å²) in [5, 5.41) is 0. The Balaban J connectivity index is 0.000000120. The average molecular weight is 1720 g/mol. The molecule has 10 aromatic heterocycles. The monoisotopic (exact) mass is 1720 g/mol. The molecule has 27 nitrogen and oxygen atoms in total. The maximum Gasteiger partial charge on any atom is 0.256 e. The van der Waals surface area contributed by atoms with Crippen molar-refractivity contribution >= 4 is 41.2 Å². The maximum absolute atomic E-state index is 14.9. The van der Waals surface area contributed by atoms with E-state index in [-0.39, 0.29) is 112 Å². The smallest absolute Gasteiger partial charge is 0.256 e. The summed E-state index contributed by atoms with van der Waals surface area (Å²) in [6.07, 6.45) is 34.1.